The fourth-order valence-corrected chi connectivity index (χ4v) is 2.32. The number of carboxylic acid groups (broad SMARTS) is 1. The number of ether oxygens (including phenoxy) is 1. The third-order valence-electron chi connectivity index (χ3n) is 3.49. The lowest BCUT2D eigenvalue weighted by Crippen LogP contribution is -2.12. The third-order valence-corrected chi connectivity index (χ3v) is 3.49. The lowest BCUT2D eigenvalue weighted by atomic mass is 9.92. The Bertz CT molecular complexity index is 433. The maximum absolute atomic E-state index is 10.8. The third kappa shape index (κ3) is 2.78. The minimum absolute atomic E-state index is 0.0195. The van der Waals surface area contributed by atoms with E-state index in [0.29, 0.717) is 0 Å². The van der Waals surface area contributed by atoms with Crippen LogP contribution in [0.3, 0.4) is 0 Å². The number of hydrogen-bond acceptors (Lipinski definition) is 2. The van der Waals surface area contributed by atoms with Gasteiger partial charge in [-0.25, -0.2) is 0 Å². The molecule has 0 atom stereocenters. The van der Waals surface area contributed by atoms with Gasteiger partial charge in [-0.2, -0.15) is 0 Å². The highest BCUT2D eigenvalue weighted by molar-refractivity contribution is 5.68. The number of aliphatic carboxylic acids is 1. The molecule has 0 heterocycles. The molecule has 0 bridgehead atoms. The van der Waals surface area contributed by atoms with Gasteiger partial charge in [0.25, 0.3) is 0 Å². The first-order chi connectivity index (χ1) is 8.04. The highest BCUT2D eigenvalue weighted by Gasteiger charge is 2.44. The van der Waals surface area contributed by atoms with E-state index in [1.165, 1.54) is 0 Å². The van der Waals surface area contributed by atoms with Crippen molar-refractivity contribution in [3.05, 3.63) is 29.3 Å². The van der Waals surface area contributed by atoms with Crippen molar-refractivity contribution in [1.29, 1.82) is 0 Å². The first-order valence-electron chi connectivity index (χ1n) is 5.90. The molecule has 0 spiro atoms. The van der Waals surface area contributed by atoms with Crippen LogP contribution in [0.25, 0.3) is 0 Å². The lowest BCUT2D eigenvalue weighted by Gasteiger charge is -2.15. The largest absolute Gasteiger partial charge is 0.496 e. The monoisotopic (exact) mass is 234 g/mol. The predicted molar refractivity (Wildman–Crippen MR) is 65.4 cm³/mol. The Labute approximate surface area is 101 Å². The predicted octanol–water partition coefficient (Wildman–Crippen LogP) is 2.80. The van der Waals surface area contributed by atoms with E-state index >= 15 is 0 Å². The van der Waals surface area contributed by atoms with Gasteiger partial charge in [-0.1, -0.05) is 12.1 Å². The molecule has 0 unspecified atom stereocenters. The van der Waals surface area contributed by atoms with E-state index in [1.807, 2.05) is 13.0 Å². The van der Waals surface area contributed by atoms with Crippen LogP contribution >= 0.6 is 0 Å². The van der Waals surface area contributed by atoms with Gasteiger partial charge in [-0.15, -0.1) is 0 Å². The van der Waals surface area contributed by atoms with E-state index in [9.17, 15) is 4.79 Å². The number of rotatable bonds is 5. The fourth-order valence-electron chi connectivity index (χ4n) is 2.32. The first kappa shape index (κ1) is 12.0. The molecule has 1 saturated carbocycles. The van der Waals surface area contributed by atoms with Crippen molar-refractivity contribution in [2.75, 3.05) is 7.11 Å². The number of hydrogen-bond donors (Lipinski definition) is 1. The van der Waals surface area contributed by atoms with E-state index < -0.39 is 5.97 Å². The number of aryl methyl sites for hydroxylation is 1. The summed E-state index contributed by atoms with van der Waals surface area (Å²) in [5.74, 6) is 0.176. The van der Waals surface area contributed by atoms with Gasteiger partial charge in [0.05, 0.1) is 13.5 Å². The summed E-state index contributed by atoms with van der Waals surface area (Å²) in [6.45, 7) is 2.02. The van der Waals surface area contributed by atoms with E-state index in [1.54, 1.807) is 7.11 Å². The molecule has 92 valence electrons. The summed E-state index contributed by atoms with van der Waals surface area (Å²) in [5, 5.41) is 8.91. The van der Waals surface area contributed by atoms with Crippen LogP contribution in [0.15, 0.2) is 18.2 Å². The number of carbonyl (C=O) groups is 1. The average Bonchev–Trinajstić information content (AvgIpc) is 2.99. The second-order valence-electron chi connectivity index (χ2n) is 5.06. The van der Waals surface area contributed by atoms with Crippen LogP contribution in [-0.4, -0.2) is 18.2 Å². The second-order valence-corrected chi connectivity index (χ2v) is 5.06. The fraction of sp³-hybridized carbons (Fsp3) is 0.500. The van der Waals surface area contributed by atoms with E-state index in [4.69, 9.17) is 9.84 Å². The SMILES string of the molecule is COc1cc(C)ccc1CC1(CC(=O)O)CC1. The van der Waals surface area contributed by atoms with Crippen LogP contribution in [0, 0.1) is 12.3 Å². The lowest BCUT2D eigenvalue weighted by molar-refractivity contribution is -0.138. The van der Waals surface area contributed by atoms with Crippen LogP contribution in [0.5, 0.6) is 5.75 Å². The zero-order valence-electron chi connectivity index (χ0n) is 10.3. The average molecular weight is 234 g/mol. The Morgan fingerprint density at radius 2 is 2.18 bits per heavy atom. The molecule has 1 aromatic rings. The van der Waals surface area contributed by atoms with Crippen molar-refractivity contribution in [2.24, 2.45) is 5.41 Å². The van der Waals surface area contributed by atoms with E-state index in [0.717, 1.165) is 36.1 Å². The molecule has 0 amide bonds. The molecular weight excluding hydrogens is 216 g/mol. The minimum atomic E-state index is -0.700. The highest BCUT2D eigenvalue weighted by Crippen LogP contribution is 2.52. The van der Waals surface area contributed by atoms with E-state index in [2.05, 4.69) is 12.1 Å². The Morgan fingerprint density at radius 1 is 1.47 bits per heavy atom. The normalized spacial score (nSPS) is 16.6. The molecule has 1 aromatic carbocycles. The van der Waals surface area contributed by atoms with Crippen molar-refractivity contribution in [3.8, 4) is 5.75 Å². The molecule has 3 nitrogen and oxygen atoms in total. The molecule has 17 heavy (non-hydrogen) atoms. The Kier molecular flexibility index (Phi) is 3.09. The summed E-state index contributed by atoms with van der Waals surface area (Å²) in [7, 11) is 1.66. The molecule has 0 aromatic heterocycles. The maximum Gasteiger partial charge on any atom is 0.303 e. The van der Waals surface area contributed by atoms with E-state index in [-0.39, 0.29) is 11.8 Å². The van der Waals surface area contributed by atoms with Gasteiger partial charge in [0.1, 0.15) is 5.75 Å². The molecule has 0 saturated heterocycles. The standard InChI is InChI=1S/C14H18O3/c1-10-3-4-11(12(7-10)17-2)8-14(5-6-14)9-13(15)16/h3-4,7H,5-6,8-9H2,1-2H3,(H,15,16). The molecule has 2 rings (SSSR count). The molecule has 1 N–H and O–H groups in total. The van der Waals surface area contributed by atoms with Crippen LogP contribution in [0.2, 0.25) is 0 Å². The van der Waals surface area contributed by atoms with Crippen LogP contribution in [-0.2, 0) is 11.2 Å². The van der Waals surface area contributed by atoms with Crippen LogP contribution < -0.4 is 4.74 Å². The smallest absolute Gasteiger partial charge is 0.303 e. The molecule has 0 aliphatic heterocycles. The van der Waals surface area contributed by atoms with Gasteiger partial charge in [0.15, 0.2) is 0 Å². The van der Waals surface area contributed by atoms with Crippen LogP contribution in [0.1, 0.15) is 30.4 Å². The molecule has 1 aliphatic rings. The van der Waals surface area contributed by atoms with Crippen molar-refractivity contribution in [3.63, 3.8) is 0 Å². The van der Waals surface area contributed by atoms with Gasteiger partial charge in [-0.3, -0.25) is 4.79 Å². The van der Waals surface area contributed by atoms with Crippen molar-refractivity contribution in [2.45, 2.75) is 32.6 Å². The second kappa shape index (κ2) is 4.40. The summed E-state index contributed by atoms with van der Waals surface area (Å²) in [6.07, 6.45) is 3.10. The Balaban J connectivity index is 2.16. The minimum Gasteiger partial charge on any atom is -0.496 e. The Morgan fingerprint density at radius 3 is 2.71 bits per heavy atom. The summed E-state index contributed by atoms with van der Waals surface area (Å²) in [5.41, 5.74) is 2.26. The van der Waals surface area contributed by atoms with Gasteiger partial charge in [-0.05, 0) is 48.8 Å². The van der Waals surface area contributed by atoms with Crippen molar-refractivity contribution in [1.82, 2.24) is 0 Å². The Hall–Kier alpha value is -1.51. The van der Waals surface area contributed by atoms with Gasteiger partial charge >= 0.3 is 5.97 Å². The van der Waals surface area contributed by atoms with Gasteiger partial charge in [0.2, 0.25) is 0 Å². The zero-order chi connectivity index (χ0) is 12.5. The molecular formula is C14H18O3. The topological polar surface area (TPSA) is 46.5 Å². The summed E-state index contributed by atoms with van der Waals surface area (Å²) < 4.78 is 5.36. The van der Waals surface area contributed by atoms with Crippen molar-refractivity contribution < 1.29 is 14.6 Å². The van der Waals surface area contributed by atoms with Gasteiger partial charge in [0, 0.05) is 0 Å². The number of carboxylic acids is 1. The van der Waals surface area contributed by atoms with Crippen molar-refractivity contribution >= 4 is 5.97 Å². The van der Waals surface area contributed by atoms with Crippen LogP contribution in [0.4, 0.5) is 0 Å². The quantitative estimate of drug-likeness (QED) is 0.852. The van der Waals surface area contributed by atoms with Gasteiger partial charge < -0.3 is 9.84 Å². The molecule has 0 radical (unpaired) electrons. The summed E-state index contributed by atoms with van der Waals surface area (Å²) in [6, 6.07) is 6.11. The number of benzene rings is 1. The highest BCUT2D eigenvalue weighted by atomic mass is 16.5. The maximum atomic E-state index is 10.8. The number of methoxy groups -OCH3 is 1. The summed E-state index contributed by atoms with van der Waals surface area (Å²) in [4.78, 5) is 10.8. The first-order valence-corrected chi connectivity index (χ1v) is 5.90. The zero-order valence-corrected chi connectivity index (χ0v) is 10.3. The summed E-state index contributed by atoms with van der Waals surface area (Å²) >= 11 is 0. The molecule has 1 fully saturated rings. The molecule has 1 aliphatic carbocycles. The molecule has 3 heteroatoms.